The van der Waals surface area contributed by atoms with Crippen LogP contribution in [-0.4, -0.2) is 152 Å². The number of carbonyl (C=O) groups excluding carboxylic acids is 8. The molecule has 6 aliphatic heterocycles. The summed E-state index contributed by atoms with van der Waals surface area (Å²) in [5.41, 5.74) is 6.07. The third kappa shape index (κ3) is 10.8. The lowest BCUT2D eigenvalue weighted by atomic mass is 9.73. The number of ketones is 1. The monoisotopic (exact) mass is 1210 g/mol. The van der Waals surface area contributed by atoms with Crippen LogP contribution in [0.2, 0.25) is 0 Å². The summed E-state index contributed by atoms with van der Waals surface area (Å²) in [4.78, 5) is 131. The Morgan fingerprint density at radius 1 is 0.775 bits per heavy atom. The van der Waals surface area contributed by atoms with Crippen LogP contribution in [0, 0.1) is 30.5 Å². The van der Waals surface area contributed by atoms with Gasteiger partial charge < -0.3 is 34.4 Å². The first kappa shape index (κ1) is 60.1. The van der Waals surface area contributed by atoms with Crippen molar-refractivity contribution in [1.82, 2.24) is 39.5 Å². The number of aryl methyl sites for hydroxylation is 1. The molecule has 3 aromatic carbocycles. The standard InChI is InChI=1S/C69H82FN11O8/c1-39(2)31-58(82)49-36-53(51(70)32-41(49)5)73-62-61-54(71-38-79(61)40(3)4)37-52(72-62)44-15-18-50-57(33-44)80(47-34-46(35-47)76-25-8-7-9-26-76)68(89)69(50)23-29-78(30-24-69)65(86)43-21-27-77(28-22-43)64(85)42-13-16-45(17-14-42)75(6)55-12-10-11-48-60(55)67(88)81(66(48)87)56-19-20-59(83)74-63(56)84/h10-12,15,18,32-33,36-40,42-43,45-47,56H,7-9,13-14,16-17,19-31,34-35H2,1-6H3,(H,72,73)(H,74,83,84). The van der Waals surface area contributed by atoms with E-state index in [2.05, 4.69) is 46.4 Å². The summed E-state index contributed by atoms with van der Waals surface area (Å²) in [6.07, 6.45) is 12.5. The van der Waals surface area contributed by atoms with Crippen molar-refractivity contribution >= 4 is 81.0 Å². The van der Waals surface area contributed by atoms with Crippen molar-refractivity contribution in [3.63, 3.8) is 0 Å². The molecule has 2 aliphatic carbocycles. The second-order valence-corrected chi connectivity index (χ2v) is 27.3. The molecule has 2 N–H and O–H groups in total. The molecule has 0 bridgehead atoms. The molecule has 20 heteroatoms. The number of anilines is 4. The van der Waals surface area contributed by atoms with Crippen molar-refractivity contribution < 1.29 is 42.7 Å². The number of benzene rings is 3. The minimum absolute atomic E-state index is 0.00751. The molecule has 468 valence electrons. The molecule has 13 rings (SSSR count). The Balaban J connectivity index is 0.679. The molecule has 2 saturated carbocycles. The van der Waals surface area contributed by atoms with Crippen molar-refractivity contribution in [2.75, 3.05) is 61.4 Å². The summed E-state index contributed by atoms with van der Waals surface area (Å²) in [7, 11) is 1.90. The summed E-state index contributed by atoms with van der Waals surface area (Å²) in [6.45, 7) is 13.9. The van der Waals surface area contributed by atoms with Gasteiger partial charge in [-0.15, -0.1) is 0 Å². The fraction of sp³-hybridized carbons (Fsp3) is 0.536. The summed E-state index contributed by atoms with van der Waals surface area (Å²) < 4.78 is 18.0. The van der Waals surface area contributed by atoms with Crippen LogP contribution < -0.4 is 20.4 Å². The van der Waals surface area contributed by atoms with Crippen LogP contribution in [0.4, 0.5) is 27.3 Å². The fourth-order valence-electron chi connectivity index (χ4n) is 16.0. The predicted molar refractivity (Wildman–Crippen MR) is 335 cm³/mol. The molecular formula is C69H82FN11O8. The van der Waals surface area contributed by atoms with Gasteiger partial charge in [-0.2, -0.15) is 0 Å². The Morgan fingerprint density at radius 3 is 2.16 bits per heavy atom. The number of pyridine rings is 1. The van der Waals surface area contributed by atoms with Crippen molar-refractivity contribution in [3.05, 3.63) is 94.6 Å². The van der Waals surface area contributed by atoms with E-state index in [4.69, 9.17) is 9.97 Å². The van der Waals surface area contributed by atoms with Gasteiger partial charge in [-0.3, -0.25) is 48.6 Å². The Morgan fingerprint density at radius 2 is 1.47 bits per heavy atom. The number of amides is 7. The zero-order chi connectivity index (χ0) is 62.3. The number of imidazole rings is 1. The summed E-state index contributed by atoms with van der Waals surface area (Å²) in [6, 6.07) is 15.7. The lowest BCUT2D eigenvalue weighted by Gasteiger charge is -2.48. The normalized spacial score (nSPS) is 24.0. The summed E-state index contributed by atoms with van der Waals surface area (Å²) in [5.74, 6) is -2.29. The molecule has 8 aliphatic rings. The lowest BCUT2D eigenvalue weighted by Crippen LogP contribution is -2.58. The van der Waals surface area contributed by atoms with Gasteiger partial charge in [0, 0.05) is 98.9 Å². The molecule has 1 spiro atoms. The number of imide groups is 2. The van der Waals surface area contributed by atoms with E-state index in [9.17, 15) is 33.6 Å². The molecule has 8 heterocycles. The number of rotatable bonds is 14. The summed E-state index contributed by atoms with van der Waals surface area (Å²) in [5, 5.41) is 5.56. The SMILES string of the molecule is Cc1cc(F)c(Nc2nc(-c3ccc4c(c3)N(C3CC(N5CCCCC5)C3)C(=O)C43CCN(C(=O)C4CCN(C(=O)C5CCC(N(C)c6cccc7c6C(=O)N(C6CCC(=O)NC6=O)C7=O)CC5)CC4)CC3)cc3ncn(C(C)C)c23)cc1C(=O)CC(C)C. The lowest BCUT2D eigenvalue weighted by molar-refractivity contribution is -0.144. The highest BCUT2D eigenvalue weighted by Gasteiger charge is 2.56. The van der Waals surface area contributed by atoms with Crippen molar-refractivity contribution in [2.45, 2.75) is 173 Å². The first-order chi connectivity index (χ1) is 42.8. The third-order valence-corrected chi connectivity index (χ3v) is 21.1. The smallest absolute Gasteiger partial charge is 0.264 e. The van der Waals surface area contributed by atoms with Crippen LogP contribution in [0.15, 0.2) is 60.9 Å². The zero-order valence-electron chi connectivity index (χ0n) is 52.1. The molecule has 5 aromatic rings. The topological polar surface area (TPSA) is 211 Å². The maximum absolute atomic E-state index is 16.0. The Hall–Kier alpha value is -7.87. The van der Waals surface area contributed by atoms with E-state index in [1.165, 1.54) is 25.3 Å². The van der Waals surface area contributed by atoms with E-state index >= 15 is 9.18 Å². The molecule has 4 saturated heterocycles. The van der Waals surface area contributed by atoms with Gasteiger partial charge in [-0.1, -0.05) is 38.5 Å². The number of hydrogen-bond donors (Lipinski definition) is 2. The first-order valence-electron chi connectivity index (χ1n) is 32.6. The number of likely N-dealkylation sites (tertiary alicyclic amines) is 3. The quantitative estimate of drug-likeness (QED) is 0.0785. The molecule has 1 atom stereocenters. The average Bonchev–Trinajstić information content (AvgIpc) is 1.63. The van der Waals surface area contributed by atoms with Crippen LogP contribution in [0.25, 0.3) is 22.3 Å². The molecule has 6 fully saturated rings. The van der Waals surface area contributed by atoms with Gasteiger partial charge in [0.25, 0.3) is 11.8 Å². The van der Waals surface area contributed by atoms with Gasteiger partial charge in [0.15, 0.2) is 11.6 Å². The van der Waals surface area contributed by atoms with Gasteiger partial charge >= 0.3 is 0 Å². The first-order valence-corrected chi connectivity index (χ1v) is 32.6. The minimum atomic E-state index is -1.05. The Bertz CT molecular complexity index is 3710. The Kier molecular flexibility index (Phi) is 16.1. The number of nitrogens with zero attached hydrogens (tertiary/aromatic N) is 9. The van der Waals surface area contributed by atoms with Crippen molar-refractivity contribution in [2.24, 2.45) is 17.8 Å². The van der Waals surface area contributed by atoms with Crippen LogP contribution in [-0.2, 0) is 29.4 Å². The molecule has 0 radical (unpaired) electrons. The van der Waals surface area contributed by atoms with Gasteiger partial charge in [-0.05, 0) is 171 Å². The molecule has 1 unspecified atom stereocenters. The predicted octanol–water partition coefficient (Wildman–Crippen LogP) is 9.66. The fourth-order valence-corrected chi connectivity index (χ4v) is 16.0. The number of halogens is 1. The van der Waals surface area contributed by atoms with Gasteiger partial charge in [0.2, 0.25) is 29.5 Å². The van der Waals surface area contributed by atoms with Gasteiger partial charge in [0.1, 0.15) is 17.4 Å². The van der Waals surface area contributed by atoms with Gasteiger partial charge in [-0.25, -0.2) is 14.4 Å². The number of aromatic nitrogens is 3. The van der Waals surface area contributed by atoms with Crippen molar-refractivity contribution in [3.8, 4) is 11.3 Å². The third-order valence-electron chi connectivity index (χ3n) is 21.1. The van der Waals surface area contributed by atoms with Crippen LogP contribution in [0.5, 0.6) is 0 Å². The number of fused-ring (bicyclic) bond motifs is 4. The van der Waals surface area contributed by atoms with E-state index in [1.54, 1.807) is 31.5 Å². The molecule has 2 aromatic heterocycles. The molecule has 7 amide bonds. The average molecular weight is 1210 g/mol. The molecule has 89 heavy (non-hydrogen) atoms. The summed E-state index contributed by atoms with van der Waals surface area (Å²) >= 11 is 0. The second-order valence-electron chi connectivity index (χ2n) is 27.3. The highest BCUT2D eigenvalue weighted by atomic mass is 19.1. The number of nitrogens with one attached hydrogen (secondary N) is 2. The number of carbonyl (C=O) groups is 8. The van der Waals surface area contributed by atoms with Crippen molar-refractivity contribution in [1.29, 1.82) is 0 Å². The zero-order valence-corrected chi connectivity index (χ0v) is 52.1. The Labute approximate surface area is 519 Å². The largest absolute Gasteiger partial charge is 0.371 e. The highest BCUT2D eigenvalue weighted by molar-refractivity contribution is 6.25. The number of Topliss-reactive ketones (excluding diaryl/α,β-unsaturated/α-hetero) is 1. The van der Waals surface area contributed by atoms with E-state index in [0.717, 1.165) is 47.6 Å². The number of hydrogen-bond acceptors (Lipinski definition) is 13. The van der Waals surface area contributed by atoms with Gasteiger partial charge in [0.05, 0.1) is 45.5 Å². The van der Waals surface area contributed by atoms with E-state index in [0.29, 0.717) is 129 Å². The molecule has 19 nitrogen and oxygen atoms in total. The second kappa shape index (κ2) is 23.8. The van der Waals surface area contributed by atoms with E-state index in [-0.39, 0.29) is 89.0 Å². The maximum Gasteiger partial charge on any atom is 0.264 e. The van der Waals surface area contributed by atoms with E-state index < -0.39 is 40.9 Å². The minimum Gasteiger partial charge on any atom is -0.371 e. The molecular weight excluding hydrogens is 1130 g/mol. The number of piperidine rings is 4. The van der Waals surface area contributed by atoms with Crippen LogP contribution >= 0.6 is 0 Å². The van der Waals surface area contributed by atoms with Crippen LogP contribution in [0.1, 0.15) is 179 Å². The van der Waals surface area contributed by atoms with Crippen LogP contribution in [0.3, 0.4) is 0 Å². The highest BCUT2D eigenvalue weighted by Crippen LogP contribution is 2.53. The maximum atomic E-state index is 16.0. The van der Waals surface area contributed by atoms with E-state index in [1.807, 2.05) is 58.4 Å².